The van der Waals surface area contributed by atoms with Crippen LogP contribution in [0.15, 0.2) is 18.2 Å². The predicted molar refractivity (Wildman–Crippen MR) is 64.0 cm³/mol. The highest BCUT2D eigenvalue weighted by Crippen LogP contribution is 2.22. The largest absolute Gasteiger partial charge is 0.488 e. The van der Waals surface area contributed by atoms with E-state index in [0.717, 1.165) is 18.4 Å². The van der Waals surface area contributed by atoms with E-state index in [1.165, 1.54) is 6.07 Å². The Hall–Kier alpha value is -1.09. The second-order valence-electron chi connectivity index (χ2n) is 4.20. The van der Waals surface area contributed by atoms with Gasteiger partial charge in [0.05, 0.1) is 6.10 Å². The molecule has 16 heavy (non-hydrogen) atoms. The second-order valence-corrected chi connectivity index (χ2v) is 4.20. The van der Waals surface area contributed by atoms with Crippen molar-refractivity contribution in [1.82, 2.24) is 0 Å². The molecule has 0 radical (unpaired) electrons. The van der Waals surface area contributed by atoms with E-state index in [9.17, 15) is 4.39 Å². The molecule has 2 nitrogen and oxygen atoms in total. The van der Waals surface area contributed by atoms with E-state index < -0.39 is 0 Å². The molecule has 0 saturated heterocycles. The van der Waals surface area contributed by atoms with Crippen LogP contribution in [0.1, 0.15) is 45.2 Å². The second kappa shape index (κ2) is 5.85. The molecule has 0 aliphatic rings. The summed E-state index contributed by atoms with van der Waals surface area (Å²) in [6.45, 7) is 5.85. The fourth-order valence-electron chi connectivity index (χ4n) is 1.58. The molecule has 1 rings (SSSR count). The van der Waals surface area contributed by atoms with Crippen molar-refractivity contribution in [1.29, 1.82) is 0 Å². The third kappa shape index (κ3) is 3.49. The van der Waals surface area contributed by atoms with Crippen LogP contribution in [0.25, 0.3) is 0 Å². The van der Waals surface area contributed by atoms with Crippen LogP contribution in [0.3, 0.4) is 0 Å². The van der Waals surface area contributed by atoms with Crippen LogP contribution < -0.4 is 10.5 Å². The Morgan fingerprint density at radius 3 is 2.56 bits per heavy atom. The molecule has 0 aromatic heterocycles. The normalized spacial score (nSPS) is 14.6. The summed E-state index contributed by atoms with van der Waals surface area (Å²) in [5, 5.41) is 0. The smallest absolute Gasteiger partial charge is 0.165 e. The van der Waals surface area contributed by atoms with Crippen molar-refractivity contribution in [2.75, 3.05) is 0 Å². The zero-order chi connectivity index (χ0) is 12.1. The maximum absolute atomic E-state index is 13.6. The Kier molecular flexibility index (Phi) is 4.74. The molecule has 0 aliphatic heterocycles. The number of ether oxygens (including phenoxy) is 1. The molecule has 0 fully saturated rings. The van der Waals surface area contributed by atoms with Gasteiger partial charge in [0, 0.05) is 6.04 Å². The van der Waals surface area contributed by atoms with Gasteiger partial charge in [-0.15, -0.1) is 0 Å². The number of nitrogens with two attached hydrogens (primary N) is 1. The summed E-state index contributed by atoms with van der Waals surface area (Å²) in [6.07, 6.45) is 2.00. The van der Waals surface area contributed by atoms with Crippen molar-refractivity contribution < 1.29 is 9.13 Å². The quantitative estimate of drug-likeness (QED) is 0.833. The monoisotopic (exact) mass is 225 g/mol. The highest BCUT2D eigenvalue weighted by Gasteiger charge is 2.10. The molecule has 0 spiro atoms. The van der Waals surface area contributed by atoms with Crippen molar-refractivity contribution in [3.63, 3.8) is 0 Å². The molecular formula is C13H20FNO. The maximum atomic E-state index is 13.6. The number of hydrogen-bond donors (Lipinski definition) is 1. The molecule has 2 unspecified atom stereocenters. The highest BCUT2D eigenvalue weighted by molar-refractivity contribution is 5.30. The summed E-state index contributed by atoms with van der Waals surface area (Å²) in [5.41, 5.74) is 6.46. The van der Waals surface area contributed by atoms with E-state index in [0.29, 0.717) is 5.75 Å². The van der Waals surface area contributed by atoms with Crippen molar-refractivity contribution in [2.45, 2.75) is 45.8 Å². The number of halogens is 1. The zero-order valence-electron chi connectivity index (χ0n) is 10.2. The molecule has 3 heteroatoms. The van der Waals surface area contributed by atoms with Crippen LogP contribution in [-0.2, 0) is 0 Å². The summed E-state index contributed by atoms with van der Waals surface area (Å²) in [5.74, 6) is -0.0249. The molecule has 0 saturated carbocycles. The number of benzene rings is 1. The van der Waals surface area contributed by atoms with Gasteiger partial charge in [-0.1, -0.05) is 19.4 Å². The Balaban J connectivity index is 2.75. The lowest BCUT2D eigenvalue weighted by molar-refractivity contribution is 0.200. The third-order valence-electron chi connectivity index (χ3n) is 2.51. The van der Waals surface area contributed by atoms with Crippen LogP contribution in [0, 0.1) is 5.82 Å². The lowest BCUT2D eigenvalue weighted by atomic mass is 10.1. The number of rotatable bonds is 5. The average molecular weight is 225 g/mol. The Morgan fingerprint density at radius 1 is 1.38 bits per heavy atom. The fourth-order valence-corrected chi connectivity index (χ4v) is 1.58. The summed E-state index contributed by atoms with van der Waals surface area (Å²) in [4.78, 5) is 0. The van der Waals surface area contributed by atoms with Crippen LogP contribution in [-0.4, -0.2) is 6.10 Å². The van der Waals surface area contributed by atoms with Gasteiger partial charge in [-0.2, -0.15) is 0 Å². The molecule has 0 bridgehead atoms. The first kappa shape index (κ1) is 13.0. The first-order valence-corrected chi connectivity index (χ1v) is 5.76. The number of hydrogen-bond acceptors (Lipinski definition) is 2. The van der Waals surface area contributed by atoms with Gasteiger partial charge in [-0.05, 0) is 38.0 Å². The molecule has 0 amide bonds. The molecule has 90 valence electrons. The molecule has 1 aromatic carbocycles. The first-order valence-electron chi connectivity index (χ1n) is 5.76. The van der Waals surface area contributed by atoms with Gasteiger partial charge in [0.2, 0.25) is 0 Å². The van der Waals surface area contributed by atoms with Crippen LogP contribution in [0.2, 0.25) is 0 Å². The summed E-state index contributed by atoms with van der Waals surface area (Å²) >= 11 is 0. The van der Waals surface area contributed by atoms with Crippen LogP contribution in [0.4, 0.5) is 4.39 Å². The standard InChI is InChI=1S/C13H20FNO/c1-4-5-9(2)16-13-7-6-11(10(3)15)8-12(13)14/h6-10H,4-5,15H2,1-3H3. The Bertz CT molecular complexity index is 339. The van der Waals surface area contributed by atoms with Gasteiger partial charge in [0.1, 0.15) is 0 Å². The lowest BCUT2D eigenvalue weighted by Crippen LogP contribution is -2.12. The van der Waals surface area contributed by atoms with Crippen molar-refractivity contribution >= 4 is 0 Å². The zero-order valence-corrected chi connectivity index (χ0v) is 10.2. The van der Waals surface area contributed by atoms with Crippen LogP contribution >= 0.6 is 0 Å². The highest BCUT2D eigenvalue weighted by atomic mass is 19.1. The fraction of sp³-hybridized carbons (Fsp3) is 0.538. The Morgan fingerprint density at radius 2 is 2.06 bits per heavy atom. The van der Waals surface area contributed by atoms with E-state index in [4.69, 9.17) is 10.5 Å². The van der Waals surface area contributed by atoms with Gasteiger partial charge in [-0.3, -0.25) is 0 Å². The topological polar surface area (TPSA) is 35.2 Å². The summed E-state index contributed by atoms with van der Waals surface area (Å²) in [7, 11) is 0. The SMILES string of the molecule is CCCC(C)Oc1ccc(C(C)N)cc1F. The molecular weight excluding hydrogens is 205 g/mol. The van der Waals surface area contributed by atoms with Crippen molar-refractivity contribution in [3.05, 3.63) is 29.6 Å². The lowest BCUT2D eigenvalue weighted by Gasteiger charge is -2.15. The van der Waals surface area contributed by atoms with Gasteiger partial charge in [0.25, 0.3) is 0 Å². The molecule has 0 aliphatic carbocycles. The predicted octanol–water partition coefficient (Wildman–Crippen LogP) is 3.41. The summed E-state index contributed by atoms with van der Waals surface area (Å²) < 4.78 is 19.1. The van der Waals surface area contributed by atoms with E-state index in [1.807, 2.05) is 19.9 Å². The van der Waals surface area contributed by atoms with Gasteiger partial charge in [-0.25, -0.2) is 4.39 Å². The Labute approximate surface area is 96.6 Å². The van der Waals surface area contributed by atoms with Gasteiger partial charge >= 0.3 is 0 Å². The van der Waals surface area contributed by atoms with Crippen molar-refractivity contribution in [2.24, 2.45) is 5.73 Å². The molecule has 1 aromatic rings. The first-order chi connectivity index (χ1) is 7.54. The van der Waals surface area contributed by atoms with Gasteiger partial charge in [0.15, 0.2) is 11.6 Å². The minimum Gasteiger partial charge on any atom is -0.488 e. The van der Waals surface area contributed by atoms with Crippen LogP contribution in [0.5, 0.6) is 5.75 Å². The van der Waals surface area contributed by atoms with E-state index in [1.54, 1.807) is 6.07 Å². The third-order valence-corrected chi connectivity index (χ3v) is 2.51. The van der Waals surface area contributed by atoms with Crippen molar-refractivity contribution in [3.8, 4) is 5.75 Å². The minimum absolute atomic E-state index is 0.0423. The molecule has 2 N–H and O–H groups in total. The molecule has 0 heterocycles. The summed E-state index contributed by atoms with van der Waals surface area (Å²) in [6, 6.07) is 4.75. The van der Waals surface area contributed by atoms with E-state index in [2.05, 4.69) is 6.92 Å². The average Bonchev–Trinajstić information content (AvgIpc) is 2.21. The van der Waals surface area contributed by atoms with E-state index >= 15 is 0 Å². The maximum Gasteiger partial charge on any atom is 0.165 e. The van der Waals surface area contributed by atoms with E-state index in [-0.39, 0.29) is 18.0 Å². The van der Waals surface area contributed by atoms with Gasteiger partial charge < -0.3 is 10.5 Å². The minimum atomic E-state index is -0.335. The molecule has 2 atom stereocenters.